The van der Waals surface area contributed by atoms with Crippen molar-refractivity contribution in [1.82, 2.24) is 25.1 Å². The summed E-state index contributed by atoms with van der Waals surface area (Å²) in [6.07, 6.45) is 3.71. The summed E-state index contributed by atoms with van der Waals surface area (Å²) in [6.45, 7) is 5.26. The molecule has 32 heavy (non-hydrogen) atoms. The maximum Gasteiger partial charge on any atom is 0.162 e. The number of aromatic amines is 1. The molecule has 0 radical (unpaired) electrons. The van der Waals surface area contributed by atoms with Crippen molar-refractivity contribution < 1.29 is 9.47 Å². The molecule has 3 heterocycles. The number of hydrogen-bond donors (Lipinski definition) is 2. The van der Waals surface area contributed by atoms with Gasteiger partial charge in [-0.1, -0.05) is 6.07 Å². The van der Waals surface area contributed by atoms with E-state index in [2.05, 4.69) is 32.5 Å². The van der Waals surface area contributed by atoms with E-state index >= 15 is 0 Å². The van der Waals surface area contributed by atoms with Crippen molar-refractivity contribution in [2.24, 2.45) is 0 Å². The second kappa shape index (κ2) is 9.33. The first-order valence-electron chi connectivity index (χ1n) is 10.8. The van der Waals surface area contributed by atoms with Crippen molar-refractivity contribution in [2.75, 3.05) is 51.8 Å². The highest BCUT2D eigenvalue weighted by Gasteiger charge is 2.13. The summed E-state index contributed by atoms with van der Waals surface area (Å²) >= 11 is 0. The topological polar surface area (TPSA) is 88.2 Å². The van der Waals surface area contributed by atoms with Gasteiger partial charge in [0.05, 0.1) is 32.0 Å². The highest BCUT2D eigenvalue weighted by molar-refractivity contribution is 5.93. The molecule has 1 fully saturated rings. The molecule has 4 aromatic rings. The van der Waals surface area contributed by atoms with Crippen molar-refractivity contribution in [2.45, 2.75) is 0 Å². The Morgan fingerprint density at radius 2 is 1.84 bits per heavy atom. The highest BCUT2D eigenvalue weighted by Crippen LogP contribution is 2.30. The Morgan fingerprint density at radius 1 is 1.03 bits per heavy atom. The van der Waals surface area contributed by atoms with E-state index in [0.717, 1.165) is 78.6 Å². The lowest BCUT2D eigenvalue weighted by atomic mass is 10.1. The summed E-state index contributed by atoms with van der Waals surface area (Å²) in [5.74, 6) is 2.33. The molecule has 1 aliphatic rings. The van der Waals surface area contributed by atoms with Gasteiger partial charge in [0.15, 0.2) is 5.82 Å². The SMILES string of the molecule is COc1ccc(-c2nc(NCCN3CCOCC3)c3cc(-c4cn[nH]c4)ccc3n2)cc1. The molecular formula is C24H26N6O2. The Labute approximate surface area is 186 Å². The molecule has 0 spiro atoms. The van der Waals surface area contributed by atoms with Crippen LogP contribution in [0.1, 0.15) is 0 Å². The molecule has 0 saturated carbocycles. The van der Waals surface area contributed by atoms with Gasteiger partial charge in [0.1, 0.15) is 11.6 Å². The van der Waals surface area contributed by atoms with Crippen molar-refractivity contribution in [3.8, 4) is 28.3 Å². The Hall–Kier alpha value is -3.49. The number of H-pyrrole nitrogens is 1. The second-order valence-electron chi connectivity index (χ2n) is 7.72. The zero-order valence-corrected chi connectivity index (χ0v) is 18.0. The van der Waals surface area contributed by atoms with Crippen LogP contribution in [-0.4, -0.2) is 71.6 Å². The number of benzene rings is 2. The van der Waals surface area contributed by atoms with Crippen LogP contribution in [0.25, 0.3) is 33.4 Å². The number of methoxy groups -OCH3 is 1. The molecule has 0 aliphatic carbocycles. The standard InChI is InChI=1S/C24H26N6O2/c1-31-20-5-2-17(3-6-20)23-28-22-7-4-18(19-15-26-27-16-19)14-21(22)24(29-23)25-8-9-30-10-12-32-13-11-30/h2-7,14-16H,8-13H2,1H3,(H,26,27)(H,25,28,29). The normalized spacial score (nSPS) is 14.5. The molecule has 5 rings (SSSR count). The van der Waals surface area contributed by atoms with E-state index in [9.17, 15) is 0 Å². The molecule has 0 amide bonds. The number of rotatable bonds is 7. The van der Waals surface area contributed by atoms with E-state index in [-0.39, 0.29) is 0 Å². The summed E-state index contributed by atoms with van der Waals surface area (Å²) in [6, 6.07) is 14.0. The predicted octanol–water partition coefficient (Wildman–Crippen LogP) is 3.44. The van der Waals surface area contributed by atoms with Crippen LogP contribution in [-0.2, 0) is 4.74 Å². The predicted molar refractivity (Wildman–Crippen MR) is 125 cm³/mol. The van der Waals surface area contributed by atoms with Gasteiger partial charge >= 0.3 is 0 Å². The van der Waals surface area contributed by atoms with Crippen LogP contribution in [0.15, 0.2) is 54.9 Å². The number of morpholine rings is 1. The number of hydrogen-bond acceptors (Lipinski definition) is 7. The van der Waals surface area contributed by atoms with Crippen LogP contribution in [0.2, 0.25) is 0 Å². The molecule has 0 atom stereocenters. The molecule has 1 aliphatic heterocycles. The lowest BCUT2D eigenvalue weighted by Crippen LogP contribution is -2.39. The molecule has 1 saturated heterocycles. The average Bonchev–Trinajstić information content (AvgIpc) is 3.39. The molecule has 2 N–H and O–H groups in total. The number of aromatic nitrogens is 4. The smallest absolute Gasteiger partial charge is 0.162 e. The third-order valence-corrected chi connectivity index (χ3v) is 5.70. The van der Waals surface area contributed by atoms with Crippen LogP contribution < -0.4 is 10.1 Å². The van der Waals surface area contributed by atoms with Crippen LogP contribution in [0.3, 0.4) is 0 Å². The third kappa shape index (κ3) is 4.42. The number of fused-ring (bicyclic) bond motifs is 1. The van der Waals surface area contributed by atoms with Crippen LogP contribution in [0.5, 0.6) is 5.75 Å². The van der Waals surface area contributed by atoms with Gasteiger partial charge in [0.2, 0.25) is 0 Å². The first kappa shape index (κ1) is 20.4. The van der Waals surface area contributed by atoms with E-state index in [0.29, 0.717) is 5.82 Å². The van der Waals surface area contributed by atoms with Gasteiger partial charge in [-0.15, -0.1) is 0 Å². The van der Waals surface area contributed by atoms with Crippen molar-refractivity contribution >= 4 is 16.7 Å². The minimum atomic E-state index is 0.685. The van der Waals surface area contributed by atoms with E-state index in [1.165, 1.54) is 0 Å². The van der Waals surface area contributed by atoms with E-state index in [4.69, 9.17) is 19.4 Å². The molecule has 8 heteroatoms. The monoisotopic (exact) mass is 430 g/mol. The average molecular weight is 431 g/mol. The van der Waals surface area contributed by atoms with Crippen molar-refractivity contribution in [1.29, 1.82) is 0 Å². The number of ether oxygens (including phenoxy) is 2. The van der Waals surface area contributed by atoms with Gasteiger partial charge in [-0.2, -0.15) is 5.10 Å². The summed E-state index contributed by atoms with van der Waals surface area (Å²) in [5.41, 5.74) is 3.95. The van der Waals surface area contributed by atoms with Crippen LogP contribution >= 0.6 is 0 Å². The Morgan fingerprint density at radius 3 is 2.59 bits per heavy atom. The third-order valence-electron chi connectivity index (χ3n) is 5.70. The van der Waals surface area contributed by atoms with Gasteiger partial charge in [-0.3, -0.25) is 10.00 Å². The molecular weight excluding hydrogens is 404 g/mol. The summed E-state index contributed by atoms with van der Waals surface area (Å²) in [7, 11) is 1.66. The van der Waals surface area contributed by atoms with Crippen LogP contribution in [0.4, 0.5) is 5.82 Å². The number of nitrogens with zero attached hydrogens (tertiary/aromatic N) is 4. The van der Waals surface area contributed by atoms with E-state index in [1.807, 2.05) is 42.7 Å². The first-order valence-corrected chi connectivity index (χ1v) is 10.8. The second-order valence-corrected chi connectivity index (χ2v) is 7.72. The van der Waals surface area contributed by atoms with Gasteiger partial charge in [0.25, 0.3) is 0 Å². The van der Waals surface area contributed by atoms with Gasteiger partial charge in [-0.05, 0) is 42.0 Å². The molecule has 2 aromatic carbocycles. The minimum Gasteiger partial charge on any atom is -0.497 e. The lowest BCUT2D eigenvalue weighted by molar-refractivity contribution is 0.0398. The fourth-order valence-corrected chi connectivity index (χ4v) is 3.88. The minimum absolute atomic E-state index is 0.685. The Bertz CT molecular complexity index is 1170. The summed E-state index contributed by atoms with van der Waals surface area (Å²) < 4.78 is 10.7. The van der Waals surface area contributed by atoms with Crippen LogP contribution in [0, 0.1) is 0 Å². The van der Waals surface area contributed by atoms with Crippen molar-refractivity contribution in [3.05, 3.63) is 54.9 Å². The molecule has 0 unspecified atom stereocenters. The molecule has 164 valence electrons. The van der Waals surface area contributed by atoms with Gasteiger partial charge < -0.3 is 14.8 Å². The fourth-order valence-electron chi connectivity index (χ4n) is 3.88. The maximum absolute atomic E-state index is 5.45. The summed E-state index contributed by atoms with van der Waals surface area (Å²) in [5, 5.41) is 11.5. The molecule has 0 bridgehead atoms. The largest absolute Gasteiger partial charge is 0.497 e. The molecule has 8 nitrogen and oxygen atoms in total. The van der Waals surface area contributed by atoms with Gasteiger partial charge in [0, 0.05) is 48.9 Å². The zero-order valence-electron chi connectivity index (χ0n) is 18.0. The van der Waals surface area contributed by atoms with Gasteiger partial charge in [-0.25, -0.2) is 9.97 Å². The van der Waals surface area contributed by atoms with E-state index < -0.39 is 0 Å². The fraction of sp³-hybridized carbons (Fsp3) is 0.292. The quantitative estimate of drug-likeness (QED) is 0.464. The van der Waals surface area contributed by atoms with E-state index in [1.54, 1.807) is 7.11 Å². The maximum atomic E-state index is 5.45. The molecule has 2 aromatic heterocycles. The number of anilines is 1. The Kier molecular flexibility index (Phi) is 5.96. The zero-order chi connectivity index (χ0) is 21.8. The number of nitrogens with one attached hydrogen (secondary N) is 2. The highest BCUT2D eigenvalue weighted by atomic mass is 16.5. The lowest BCUT2D eigenvalue weighted by Gasteiger charge is -2.26. The Balaban J connectivity index is 1.48. The summed E-state index contributed by atoms with van der Waals surface area (Å²) in [4.78, 5) is 12.1. The first-order chi connectivity index (χ1) is 15.8. The van der Waals surface area contributed by atoms with Crippen molar-refractivity contribution in [3.63, 3.8) is 0 Å².